The van der Waals surface area contributed by atoms with Crippen LogP contribution in [0.25, 0.3) is 0 Å². The summed E-state index contributed by atoms with van der Waals surface area (Å²) in [5, 5.41) is 0. The summed E-state index contributed by atoms with van der Waals surface area (Å²) in [6.45, 7) is 2.43. The molecule has 0 bridgehead atoms. The van der Waals surface area contributed by atoms with Crippen LogP contribution in [0.15, 0.2) is 0 Å². The van der Waals surface area contributed by atoms with E-state index in [-0.39, 0.29) is 0 Å². The van der Waals surface area contributed by atoms with Gasteiger partial charge in [-0.1, -0.05) is 71.1 Å². The lowest BCUT2D eigenvalue weighted by atomic mass is 9.85. The highest BCUT2D eigenvalue weighted by Gasteiger charge is 2.21. The SMILES string of the molecule is CC1CCC(CCCC2CCCCC2)C1. The summed E-state index contributed by atoms with van der Waals surface area (Å²) in [6, 6.07) is 0. The van der Waals surface area contributed by atoms with E-state index in [2.05, 4.69) is 6.92 Å². The Morgan fingerprint density at radius 3 is 2.20 bits per heavy atom. The third-order valence-electron chi connectivity index (χ3n) is 4.75. The molecule has 2 rings (SSSR count). The lowest BCUT2D eigenvalue weighted by Crippen LogP contribution is -2.06. The highest BCUT2D eigenvalue weighted by molar-refractivity contribution is 4.73. The van der Waals surface area contributed by atoms with E-state index in [9.17, 15) is 0 Å². The Balaban J connectivity index is 1.54. The van der Waals surface area contributed by atoms with E-state index in [0.717, 1.165) is 17.8 Å². The first-order valence-electron chi connectivity index (χ1n) is 7.34. The van der Waals surface area contributed by atoms with Crippen molar-refractivity contribution in [3.05, 3.63) is 0 Å². The molecule has 0 amide bonds. The van der Waals surface area contributed by atoms with Crippen LogP contribution in [0.4, 0.5) is 0 Å². The van der Waals surface area contributed by atoms with Gasteiger partial charge in [0.25, 0.3) is 0 Å². The summed E-state index contributed by atoms with van der Waals surface area (Å²) < 4.78 is 0. The zero-order valence-corrected chi connectivity index (χ0v) is 10.5. The van der Waals surface area contributed by atoms with Gasteiger partial charge < -0.3 is 0 Å². The summed E-state index contributed by atoms with van der Waals surface area (Å²) in [6.07, 6.45) is 16.8. The van der Waals surface area contributed by atoms with Crippen LogP contribution in [0.1, 0.15) is 77.6 Å². The van der Waals surface area contributed by atoms with E-state index < -0.39 is 0 Å². The fraction of sp³-hybridized carbons (Fsp3) is 1.00. The highest BCUT2D eigenvalue weighted by atomic mass is 14.3. The molecule has 15 heavy (non-hydrogen) atoms. The molecule has 2 atom stereocenters. The molecule has 0 spiro atoms. The van der Waals surface area contributed by atoms with E-state index in [1.54, 1.807) is 25.7 Å². The molecule has 2 aliphatic rings. The van der Waals surface area contributed by atoms with Gasteiger partial charge in [-0.05, 0) is 24.2 Å². The predicted molar refractivity (Wildman–Crippen MR) is 66.9 cm³/mol. The summed E-state index contributed by atoms with van der Waals surface area (Å²) in [7, 11) is 0. The first kappa shape index (κ1) is 11.5. The summed E-state index contributed by atoms with van der Waals surface area (Å²) in [4.78, 5) is 0. The van der Waals surface area contributed by atoms with E-state index in [1.165, 1.54) is 44.9 Å². The van der Waals surface area contributed by atoms with Crippen molar-refractivity contribution in [2.75, 3.05) is 0 Å². The molecule has 2 saturated carbocycles. The van der Waals surface area contributed by atoms with Gasteiger partial charge in [0, 0.05) is 0 Å². The maximum Gasteiger partial charge on any atom is -0.0412 e. The summed E-state index contributed by atoms with van der Waals surface area (Å²) in [5.41, 5.74) is 0. The molecule has 88 valence electrons. The Bertz CT molecular complexity index is 162. The van der Waals surface area contributed by atoms with Gasteiger partial charge >= 0.3 is 0 Å². The van der Waals surface area contributed by atoms with E-state index in [4.69, 9.17) is 0 Å². The molecule has 0 nitrogen and oxygen atoms in total. The van der Waals surface area contributed by atoms with Crippen LogP contribution >= 0.6 is 0 Å². The van der Waals surface area contributed by atoms with E-state index in [0.29, 0.717) is 0 Å². The van der Waals surface area contributed by atoms with Crippen LogP contribution in [0.3, 0.4) is 0 Å². The highest BCUT2D eigenvalue weighted by Crippen LogP contribution is 2.35. The van der Waals surface area contributed by atoms with Crippen molar-refractivity contribution in [2.24, 2.45) is 17.8 Å². The average Bonchev–Trinajstić information content (AvgIpc) is 2.66. The monoisotopic (exact) mass is 208 g/mol. The van der Waals surface area contributed by atoms with Crippen molar-refractivity contribution in [2.45, 2.75) is 77.6 Å². The molecule has 0 heterocycles. The van der Waals surface area contributed by atoms with Crippen LogP contribution in [-0.4, -0.2) is 0 Å². The minimum Gasteiger partial charge on any atom is -0.0625 e. The molecule has 0 aromatic rings. The van der Waals surface area contributed by atoms with E-state index in [1.807, 2.05) is 0 Å². The number of rotatable bonds is 4. The van der Waals surface area contributed by atoms with Crippen LogP contribution in [0, 0.1) is 17.8 Å². The first-order chi connectivity index (χ1) is 7.34. The zero-order chi connectivity index (χ0) is 10.5. The molecule has 2 fully saturated rings. The van der Waals surface area contributed by atoms with Crippen LogP contribution in [-0.2, 0) is 0 Å². The Labute approximate surface area is 95.8 Å². The molecule has 0 aromatic heterocycles. The molecule has 2 unspecified atom stereocenters. The van der Waals surface area contributed by atoms with Crippen LogP contribution in [0.5, 0.6) is 0 Å². The molecule has 0 heteroatoms. The third kappa shape index (κ3) is 3.81. The second-order valence-corrected chi connectivity index (χ2v) is 6.22. The Morgan fingerprint density at radius 2 is 1.53 bits per heavy atom. The Hall–Kier alpha value is 0. The topological polar surface area (TPSA) is 0 Å². The lowest BCUT2D eigenvalue weighted by Gasteiger charge is -2.21. The van der Waals surface area contributed by atoms with Crippen molar-refractivity contribution in [1.82, 2.24) is 0 Å². The van der Waals surface area contributed by atoms with Gasteiger partial charge in [-0.3, -0.25) is 0 Å². The number of hydrogen-bond donors (Lipinski definition) is 0. The second kappa shape index (κ2) is 5.92. The molecule has 0 radical (unpaired) electrons. The van der Waals surface area contributed by atoms with Gasteiger partial charge in [0.1, 0.15) is 0 Å². The largest absolute Gasteiger partial charge is 0.0625 e. The smallest absolute Gasteiger partial charge is 0.0412 e. The molecular formula is C15H28. The van der Waals surface area contributed by atoms with Gasteiger partial charge in [0.15, 0.2) is 0 Å². The molecule has 0 saturated heterocycles. The zero-order valence-electron chi connectivity index (χ0n) is 10.5. The van der Waals surface area contributed by atoms with Gasteiger partial charge in [-0.25, -0.2) is 0 Å². The van der Waals surface area contributed by atoms with Crippen molar-refractivity contribution in [3.63, 3.8) is 0 Å². The molecule has 0 N–H and O–H groups in total. The quantitative estimate of drug-likeness (QED) is 0.597. The minimum absolute atomic E-state index is 1.03. The standard InChI is InChI=1S/C15H28/c1-13-10-11-15(12-13)9-5-8-14-6-3-2-4-7-14/h13-15H,2-12H2,1H3. The maximum absolute atomic E-state index is 2.43. The number of hydrogen-bond acceptors (Lipinski definition) is 0. The lowest BCUT2D eigenvalue weighted by molar-refractivity contribution is 0.317. The molecule has 0 aliphatic heterocycles. The van der Waals surface area contributed by atoms with Crippen LogP contribution in [0.2, 0.25) is 0 Å². The van der Waals surface area contributed by atoms with Gasteiger partial charge in [0.05, 0.1) is 0 Å². The minimum atomic E-state index is 1.03. The second-order valence-electron chi connectivity index (χ2n) is 6.22. The Kier molecular flexibility index (Phi) is 4.53. The normalized spacial score (nSPS) is 33.4. The molecule has 2 aliphatic carbocycles. The Morgan fingerprint density at radius 1 is 0.800 bits per heavy atom. The first-order valence-corrected chi connectivity index (χ1v) is 7.34. The maximum atomic E-state index is 2.43. The van der Waals surface area contributed by atoms with Crippen LogP contribution < -0.4 is 0 Å². The van der Waals surface area contributed by atoms with Gasteiger partial charge in [-0.2, -0.15) is 0 Å². The van der Waals surface area contributed by atoms with E-state index >= 15 is 0 Å². The van der Waals surface area contributed by atoms with Crippen molar-refractivity contribution in [3.8, 4) is 0 Å². The fourth-order valence-electron chi connectivity index (χ4n) is 3.76. The molecular weight excluding hydrogens is 180 g/mol. The van der Waals surface area contributed by atoms with Gasteiger partial charge in [0.2, 0.25) is 0 Å². The van der Waals surface area contributed by atoms with Crippen molar-refractivity contribution in [1.29, 1.82) is 0 Å². The summed E-state index contributed by atoms with van der Waals surface area (Å²) in [5.74, 6) is 3.24. The van der Waals surface area contributed by atoms with Crippen molar-refractivity contribution >= 4 is 0 Å². The van der Waals surface area contributed by atoms with Gasteiger partial charge in [-0.15, -0.1) is 0 Å². The average molecular weight is 208 g/mol. The third-order valence-corrected chi connectivity index (χ3v) is 4.75. The molecule has 0 aromatic carbocycles. The van der Waals surface area contributed by atoms with Crippen molar-refractivity contribution < 1.29 is 0 Å². The summed E-state index contributed by atoms with van der Waals surface area (Å²) >= 11 is 0. The fourth-order valence-corrected chi connectivity index (χ4v) is 3.76. The predicted octanol–water partition coefficient (Wildman–Crippen LogP) is 5.17.